The predicted octanol–water partition coefficient (Wildman–Crippen LogP) is -2.70. The standard InChI is InChI=1S/C87H120N18O24S/c1-9-11-22-66-80(122)93-57(29-30-72(112)113)76(118)100-65(75(117)91-40-70(88)110)44-130-45-71(111)92-60(33-48-25-27-51(108)28-26-48)83(125)101(6)47(5)74(116)95-62(37-73(114)115)85(127)104-31-17-24-67(104)81(123)99-64(43-107)79(121)96-59(32-46(3)4)86(128)105-41-52(109)36-69(105)82(124)94-58(34-49-38-89-55-20-15-13-18-53(49)55)77(119)98-63(42-106)78(120)97-61(35-50-39-90-56-21-16-14-19-54(50)56)84(126)103(8)68(23-12-10-2)87(129)102(66)7/h13-16,18-21,25-28,38-39,46-47,52,57-69,89-90,106-109H,9-12,17,22-24,29-37,40-45H2,1-8H3,(H2,88,110)(H,91,117)(H,92,111)(H,93,122)(H,94,124)(H,95,116)(H,96,121)(H,97,120)(H,98,119)(H,99,123)(H,100,118)(H,112,113)(H,114,115)/t47-,52+,57-,58-,59-,60-,61-,62-,63-,64-,65-,66-,67-,68-,69-/m0/s1. The third-order valence-electron chi connectivity index (χ3n) is 23.2. The Morgan fingerprint density at radius 3 is 1.61 bits per heavy atom. The minimum atomic E-state index is -1.93. The highest BCUT2D eigenvalue weighted by atomic mass is 32.2. The Hall–Kier alpha value is -12.8. The fraction of sp³-hybridized carbons (Fsp3) is 0.540. The van der Waals surface area contributed by atoms with Gasteiger partial charge in [0.2, 0.25) is 94.5 Å². The lowest BCUT2D eigenvalue weighted by Crippen LogP contribution is -2.62. The van der Waals surface area contributed by atoms with Crippen LogP contribution in [0.5, 0.6) is 5.75 Å². The lowest BCUT2D eigenvalue weighted by molar-refractivity contribution is -0.149. The van der Waals surface area contributed by atoms with Crippen LogP contribution < -0.4 is 58.9 Å². The predicted molar refractivity (Wildman–Crippen MR) is 471 cm³/mol. The zero-order valence-corrected chi connectivity index (χ0v) is 74.7. The van der Waals surface area contributed by atoms with Crippen molar-refractivity contribution in [3.63, 3.8) is 0 Å². The number of thioether (sulfide) groups is 1. The molecule has 0 bridgehead atoms. The molecule has 42 nitrogen and oxygen atoms in total. The highest BCUT2D eigenvalue weighted by Gasteiger charge is 2.47. The highest BCUT2D eigenvalue weighted by molar-refractivity contribution is 8.00. The molecule has 3 aliphatic heterocycles. The number of nitrogens with zero attached hydrogens (tertiary/aromatic N) is 5. The summed E-state index contributed by atoms with van der Waals surface area (Å²) < 4.78 is 0. The first-order valence-corrected chi connectivity index (χ1v) is 44.4. The number of nitrogens with two attached hydrogens (primary N) is 1. The second kappa shape index (κ2) is 48.6. The molecule has 5 aromatic rings. The van der Waals surface area contributed by atoms with Crippen molar-refractivity contribution in [2.24, 2.45) is 11.7 Å². The Morgan fingerprint density at radius 1 is 0.531 bits per heavy atom. The number of carboxylic acid groups (broad SMARTS) is 2. The minimum absolute atomic E-state index is 0.0510. The van der Waals surface area contributed by atoms with Crippen LogP contribution in [0.4, 0.5) is 0 Å². The van der Waals surface area contributed by atoms with Crippen LogP contribution in [-0.4, -0.2) is 328 Å². The molecule has 20 N–H and O–H groups in total. The van der Waals surface area contributed by atoms with E-state index < -0.39 is 267 Å². The number of aromatic hydroxyl groups is 1. The van der Waals surface area contributed by atoms with Crippen molar-refractivity contribution in [2.45, 2.75) is 228 Å². The molecule has 0 unspecified atom stereocenters. The number of phenols is 1. The van der Waals surface area contributed by atoms with E-state index in [2.05, 4.69) is 63.1 Å². The number of unbranched alkanes of at least 4 members (excludes halogenated alkanes) is 2. The van der Waals surface area contributed by atoms with Gasteiger partial charge in [-0.15, -0.1) is 11.8 Å². The van der Waals surface area contributed by atoms with E-state index in [0.29, 0.717) is 69.5 Å². The quantitative estimate of drug-likeness (QED) is 0.0299. The van der Waals surface area contributed by atoms with E-state index in [-0.39, 0.29) is 70.1 Å². The summed E-state index contributed by atoms with van der Waals surface area (Å²) in [5, 5.41) is 89.9. The third-order valence-corrected chi connectivity index (χ3v) is 24.2. The van der Waals surface area contributed by atoms with Crippen molar-refractivity contribution in [3.8, 4) is 5.75 Å². The number of aliphatic hydroxyl groups is 3. The molecule has 5 heterocycles. The first-order valence-electron chi connectivity index (χ1n) is 43.3. The van der Waals surface area contributed by atoms with Crippen molar-refractivity contribution >= 4 is 140 Å². The van der Waals surface area contributed by atoms with Gasteiger partial charge in [-0.1, -0.05) is 102 Å². The number of likely N-dealkylation sites (N-methyl/N-ethyl adjacent to an activating group) is 3. The zero-order valence-electron chi connectivity index (χ0n) is 73.8. The normalized spacial score (nSPS) is 25.3. The number of hydrogen-bond donors (Lipinski definition) is 19. The van der Waals surface area contributed by atoms with Crippen LogP contribution >= 0.6 is 11.8 Å². The molecule has 0 aliphatic carbocycles. The molecular formula is C87H120N18O24S. The number of amides is 16. The summed E-state index contributed by atoms with van der Waals surface area (Å²) in [6.45, 7) is 4.48. The summed E-state index contributed by atoms with van der Waals surface area (Å²) in [6.07, 6.45) is -0.884. The number of aliphatic hydroxyl groups excluding tert-OH is 3. The molecule has 2 aromatic heterocycles. The Labute approximate surface area is 753 Å². The molecule has 3 aromatic carbocycles. The molecular weight excluding hydrogens is 1710 g/mol. The van der Waals surface area contributed by atoms with Gasteiger partial charge in [0.05, 0.1) is 38.0 Å². The van der Waals surface area contributed by atoms with Crippen LogP contribution in [0, 0.1) is 5.92 Å². The summed E-state index contributed by atoms with van der Waals surface area (Å²) in [7, 11) is 3.74. The number of H-pyrrole nitrogens is 2. The fourth-order valence-corrected chi connectivity index (χ4v) is 16.7. The number of para-hydroxylation sites is 2. The van der Waals surface area contributed by atoms with Gasteiger partial charge >= 0.3 is 11.9 Å². The number of carboxylic acids is 2. The van der Waals surface area contributed by atoms with Gasteiger partial charge in [-0.3, -0.25) is 86.3 Å². The van der Waals surface area contributed by atoms with E-state index in [1.165, 1.54) is 45.3 Å². The lowest BCUT2D eigenvalue weighted by Gasteiger charge is -2.36. The molecule has 16 amide bonds. The largest absolute Gasteiger partial charge is 0.508 e. The van der Waals surface area contributed by atoms with Gasteiger partial charge in [-0.2, -0.15) is 0 Å². The monoisotopic (exact) mass is 1830 g/mol. The number of primary amides is 1. The summed E-state index contributed by atoms with van der Waals surface area (Å²) >= 11 is 0.690. The molecule has 3 saturated heterocycles. The van der Waals surface area contributed by atoms with E-state index in [4.69, 9.17) is 5.73 Å². The molecule has 15 atom stereocenters. The van der Waals surface area contributed by atoms with E-state index in [9.17, 15) is 83.4 Å². The molecule has 0 radical (unpaired) electrons. The van der Waals surface area contributed by atoms with Crippen LogP contribution in [0.3, 0.4) is 0 Å². The number of aromatic nitrogens is 2. The van der Waals surface area contributed by atoms with Crippen molar-refractivity contribution in [1.29, 1.82) is 0 Å². The van der Waals surface area contributed by atoms with Gasteiger partial charge in [-0.05, 0) is 92.3 Å². The fourth-order valence-electron chi connectivity index (χ4n) is 15.9. The maximum Gasteiger partial charge on any atom is 0.305 e. The zero-order chi connectivity index (χ0) is 95.5. The molecule has 130 heavy (non-hydrogen) atoms. The Morgan fingerprint density at radius 2 is 1.03 bits per heavy atom. The first-order chi connectivity index (χ1) is 61.8. The average molecular weight is 1830 g/mol. The van der Waals surface area contributed by atoms with Gasteiger partial charge in [0.1, 0.15) is 90.3 Å². The number of aromatic amines is 2. The Bertz CT molecular complexity index is 4910. The highest BCUT2D eigenvalue weighted by Crippen LogP contribution is 2.28. The number of rotatable bonds is 24. The van der Waals surface area contributed by atoms with Crippen molar-refractivity contribution < 1.29 is 117 Å². The topological polar surface area (TPSA) is 623 Å². The maximum atomic E-state index is 15.6. The lowest BCUT2D eigenvalue weighted by atomic mass is 10.00. The molecule has 3 fully saturated rings. The summed E-state index contributed by atoms with van der Waals surface area (Å²) in [6, 6.07) is -3.88. The Balaban J connectivity index is 1.18. The van der Waals surface area contributed by atoms with Gasteiger partial charge in [-0.25, -0.2) is 0 Å². The number of fused-ring (bicyclic) bond motifs is 4. The minimum Gasteiger partial charge on any atom is -0.508 e. The van der Waals surface area contributed by atoms with E-state index in [0.717, 1.165) is 31.5 Å². The summed E-state index contributed by atoms with van der Waals surface area (Å²) in [4.78, 5) is 270. The van der Waals surface area contributed by atoms with E-state index >= 15 is 33.6 Å². The van der Waals surface area contributed by atoms with Gasteiger partial charge in [0.25, 0.3) is 0 Å². The summed E-state index contributed by atoms with van der Waals surface area (Å²) in [5.41, 5.74) is 7.90. The van der Waals surface area contributed by atoms with Gasteiger partial charge in [0.15, 0.2) is 0 Å². The number of hydrogen-bond acceptors (Lipinski definition) is 23. The van der Waals surface area contributed by atoms with Crippen LogP contribution in [0.15, 0.2) is 85.2 Å². The first kappa shape index (κ1) is 103. The molecule has 0 saturated carbocycles. The average Bonchev–Trinajstić information content (AvgIpc) is 1.59. The van der Waals surface area contributed by atoms with Crippen LogP contribution in [-0.2, 0) is 106 Å². The number of carbonyl (C=O) groups excluding carboxylic acids is 16. The van der Waals surface area contributed by atoms with Crippen molar-refractivity contribution in [1.82, 2.24) is 87.6 Å². The van der Waals surface area contributed by atoms with Crippen LogP contribution in [0.2, 0.25) is 0 Å². The summed E-state index contributed by atoms with van der Waals surface area (Å²) in [5.74, 6) is -21.1. The number of aliphatic carboxylic acids is 2. The maximum absolute atomic E-state index is 15.6. The number of phenolic OH excluding ortho intramolecular Hbond substituents is 1. The molecule has 0 spiro atoms. The van der Waals surface area contributed by atoms with Gasteiger partial charge in [0, 0.05) is 106 Å². The second-order valence-corrected chi connectivity index (χ2v) is 34.3. The number of benzene rings is 3. The molecule has 43 heteroatoms. The number of carbonyl (C=O) groups is 18. The molecule has 708 valence electrons. The van der Waals surface area contributed by atoms with E-state index in [1.807, 2.05) is 6.92 Å². The molecule has 8 rings (SSSR count). The van der Waals surface area contributed by atoms with Crippen LogP contribution in [0.25, 0.3) is 21.8 Å². The van der Waals surface area contributed by atoms with E-state index in [1.54, 1.807) is 81.7 Å². The number of nitrogens with one attached hydrogen (secondary N) is 12. The SMILES string of the molecule is CCCC[C@H]1C(=O)N(C)[C@@H](CCCC)C(=O)N[C@@H](CCC(=O)O)C(=O)N[C@H](C(=O)NCC(N)=O)CSCC(=O)N[C@@H](Cc2ccc(O)cc2)C(=O)N(C)[C@@H](C)C(=O)N[C@@H](CC(=O)O)C(=O)N2CCC[C@H]2C(=O)N[C@@H](CO)C(=O)N[C@@H](CC(C)C)C(=O)N2C[C@H](O)C[C@H]2C(=O)N[C@@H](Cc2c[nH]c3ccccc23)C(=O)N[C@@H](CO)C(=O)N[C@@H](Cc2c[nH]c3ccccc23)C(=O)N1C. The van der Waals surface area contributed by atoms with Crippen LogP contribution in [0.1, 0.15) is 135 Å². The molecule has 3 aliphatic rings. The smallest absolute Gasteiger partial charge is 0.305 e. The van der Waals surface area contributed by atoms with Gasteiger partial charge < -0.3 is 124 Å². The second-order valence-electron chi connectivity index (χ2n) is 33.3. The Kier molecular flexibility index (Phi) is 38.4. The third kappa shape index (κ3) is 28.1. The van der Waals surface area contributed by atoms with Crippen molar-refractivity contribution in [3.05, 3.63) is 102 Å². The van der Waals surface area contributed by atoms with Crippen molar-refractivity contribution in [2.75, 3.05) is 65.5 Å².